The fourth-order valence-corrected chi connectivity index (χ4v) is 4.19. The van der Waals surface area contributed by atoms with Crippen LogP contribution in [0.25, 0.3) is 0 Å². The van der Waals surface area contributed by atoms with Gasteiger partial charge in [-0.3, -0.25) is 4.79 Å². The minimum absolute atomic E-state index is 0.225. The van der Waals surface area contributed by atoms with Crippen molar-refractivity contribution in [2.24, 2.45) is 0 Å². The Morgan fingerprint density at radius 1 is 1.40 bits per heavy atom. The van der Waals surface area contributed by atoms with Crippen molar-refractivity contribution in [2.45, 2.75) is 24.3 Å². The maximum atomic E-state index is 12.6. The molecule has 1 N–H and O–H groups in total. The molecule has 0 saturated carbocycles. The molecule has 108 valence electrons. The fourth-order valence-electron chi connectivity index (χ4n) is 2.55. The topological polar surface area (TPSA) is 75.7 Å². The lowest BCUT2D eigenvalue weighted by Crippen LogP contribution is -2.55. The van der Waals surface area contributed by atoms with Gasteiger partial charge in [-0.15, -0.1) is 0 Å². The Balaban J connectivity index is 1.97. The Morgan fingerprint density at radius 3 is 3.00 bits per heavy atom. The van der Waals surface area contributed by atoms with Crippen molar-refractivity contribution < 1.29 is 17.9 Å². The average molecular weight is 296 g/mol. The van der Waals surface area contributed by atoms with Crippen LogP contribution < -0.4 is 10.1 Å². The van der Waals surface area contributed by atoms with Crippen molar-refractivity contribution >= 4 is 15.9 Å². The van der Waals surface area contributed by atoms with E-state index >= 15 is 0 Å². The fraction of sp³-hybridized carbons (Fsp3) is 0.462. The SMILES string of the molecule is CC1C(=O)NCCN1S(=O)(=O)c1ccc2c(c1)CCO2. The van der Waals surface area contributed by atoms with E-state index in [2.05, 4.69) is 5.32 Å². The van der Waals surface area contributed by atoms with E-state index < -0.39 is 16.1 Å². The summed E-state index contributed by atoms with van der Waals surface area (Å²) < 4.78 is 31.9. The summed E-state index contributed by atoms with van der Waals surface area (Å²) in [5.74, 6) is 0.484. The van der Waals surface area contributed by atoms with E-state index in [9.17, 15) is 13.2 Å². The highest BCUT2D eigenvalue weighted by Crippen LogP contribution is 2.29. The highest BCUT2D eigenvalue weighted by Gasteiger charge is 2.35. The number of nitrogens with zero attached hydrogens (tertiary/aromatic N) is 1. The molecular formula is C13H16N2O4S. The van der Waals surface area contributed by atoms with Crippen molar-refractivity contribution in [2.75, 3.05) is 19.7 Å². The highest BCUT2D eigenvalue weighted by molar-refractivity contribution is 7.89. The van der Waals surface area contributed by atoms with Crippen LogP contribution in [0.15, 0.2) is 23.1 Å². The standard InChI is InChI=1S/C13H16N2O4S/c1-9-13(16)14-5-6-15(9)20(17,18)11-2-3-12-10(8-11)4-7-19-12/h2-3,8-9H,4-7H2,1H3,(H,14,16). The lowest BCUT2D eigenvalue weighted by atomic mass is 10.2. The van der Waals surface area contributed by atoms with Crippen LogP contribution >= 0.6 is 0 Å². The summed E-state index contributed by atoms with van der Waals surface area (Å²) in [6, 6.07) is 4.19. The van der Waals surface area contributed by atoms with E-state index in [1.54, 1.807) is 25.1 Å². The summed E-state index contributed by atoms with van der Waals surface area (Å²) in [6.07, 6.45) is 0.717. The van der Waals surface area contributed by atoms with Gasteiger partial charge in [-0.2, -0.15) is 4.31 Å². The first kappa shape index (κ1) is 13.4. The number of ether oxygens (including phenoxy) is 1. The van der Waals surface area contributed by atoms with E-state index in [0.717, 1.165) is 11.3 Å². The van der Waals surface area contributed by atoms with Crippen LogP contribution in [0.5, 0.6) is 5.75 Å². The van der Waals surface area contributed by atoms with Crippen molar-refractivity contribution in [1.82, 2.24) is 9.62 Å². The normalized spacial score (nSPS) is 23.1. The maximum absolute atomic E-state index is 12.6. The van der Waals surface area contributed by atoms with Gasteiger partial charge in [0.05, 0.1) is 11.5 Å². The molecule has 6 nitrogen and oxygen atoms in total. The quantitative estimate of drug-likeness (QED) is 0.842. The van der Waals surface area contributed by atoms with Crippen LogP contribution in [0, 0.1) is 0 Å². The summed E-state index contributed by atoms with van der Waals surface area (Å²) in [4.78, 5) is 11.9. The summed E-state index contributed by atoms with van der Waals surface area (Å²) >= 11 is 0. The predicted molar refractivity (Wildman–Crippen MR) is 72.0 cm³/mol. The van der Waals surface area contributed by atoms with Gasteiger partial charge in [-0.05, 0) is 30.7 Å². The number of rotatable bonds is 2. The molecule has 0 bridgehead atoms. The number of carbonyl (C=O) groups is 1. The summed E-state index contributed by atoms with van der Waals surface area (Å²) in [5.41, 5.74) is 0.903. The van der Waals surface area contributed by atoms with Crippen LogP contribution in [-0.4, -0.2) is 44.4 Å². The number of amides is 1. The first-order valence-corrected chi connectivity index (χ1v) is 7.99. The average Bonchev–Trinajstić information content (AvgIpc) is 2.89. The number of carbonyl (C=O) groups excluding carboxylic acids is 1. The molecule has 7 heteroatoms. The molecule has 1 aromatic carbocycles. The molecule has 1 unspecified atom stereocenters. The molecule has 2 heterocycles. The number of nitrogens with one attached hydrogen (secondary N) is 1. The zero-order chi connectivity index (χ0) is 14.3. The van der Waals surface area contributed by atoms with Gasteiger partial charge in [-0.25, -0.2) is 8.42 Å². The molecule has 1 aromatic rings. The zero-order valence-electron chi connectivity index (χ0n) is 11.1. The molecule has 2 aliphatic heterocycles. The monoisotopic (exact) mass is 296 g/mol. The highest BCUT2D eigenvalue weighted by atomic mass is 32.2. The van der Waals surface area contributed by atoms with Gasteiger partial charge in [0, 0.05) is 19.5 Å². The van der Waals surface area contributed by atoms with Crippen molar-refractivity contribution in [3.05, 3.63) is 23.8 Å². The van der Waals surface area contributed by atoms with Crippen LogP contribution in [0.4, 0.5) is 0 Å². The number of hydrogen-bond donors (Lipinski definition) is 1. The Labute approximate surface area is 117 Å². The molecule has 1 amide bonds. The summed E-state index contributed by atoms with van der Waals surface area (Å²) in [7, 11) is -3.65. The second-order valence-corrected chi connectivity index (χ2v) is 6.84. The van der Waals surface area contributed by atoms with Crippen LogP contribution in [-0.2, 0) is 21.2 Å². The molecule has 0 radical (unpaired) electrons. The van der Waals surface area contributed by atoms with Crippen LogP contribution in [0.3, 0.4) is 0 Å². The molecule has 0 aliphatic carbocycles. The molecule has 1 atom stereocenters. The third kappa shape index (κ3) is 2.06. The summed E-state index contributed by atoms with van der Waals surface area (Å²) in [5, 5.41) is 2.66. The van der Waals surface area contributed by atoms with E-state index in [-0.39, 0.29) is 10.8 Å². The number of piperazine rings is 1. The van der Waals surface area contributed by atoms with Crippen LogP contribution in [0.1, 0.15) is 12.5 Å². The van der Waals surface area contributed by atoms with Crippen molar-refractivity contribution in [1.29, 1.82) is 0 Å². The van der Waals surface area contributed by atoms with Gasteiger partial charge in [0.2, 0.25) is 15.9 Å². The molecule has 1 fully saturated rings. The summed E-state index contributed by atoms with van der Waals surface area (Å²) in [6.45, 7) is 2.82. The molecule has 2 aliphatic rings. The number of sulfonamides is 1. The zero-order valence-corrected chi connectivity index (χ0v) is 11.9. The maximum Gasteiger partial charge on any atom is 0.243 e. The Kier molecular flexibility index (Phi) is 3.18. The molecule has 0 aromatic heterocycles. The third-order valence-electron chi connectivity index (χ3n) is 3.71. The lowest BCUT2D eigenvalue weighted by Gasteiger charge is -2.31. The van der Waals surface area contributed by atoms with Gasteiger partial charge in [0.25, 0.3) is 0 Å². The minimum atomic E-state index is -3.65. The molecule has 20 heavy (non-hydrogen) atoms. The second-order valence-electron chi connectivity index (χ2n) is 4.95. The second kappa shape index (κ2) is 4.75. The van der Waals surface area contributed by atoms with Gasteiger partial charge in [-0.1, -0.05) is 0 Å². The third-order valence-corrected chi connectivity index (χ3v) is 5.68. The van der Waals surface area contributed by atoms with Gasteiger partial charge in [0.1, 0.15) is 11.8 Å². The number of fused-ring (bicyclic) bond motifs is 1. The first-order valence-electron chi connectivity index (χ1n) is 6.55. The van der Waals surface area contributed by atoms with Gasteiger partial charge in [0.15, 0.2) is 0 Å². The lowest BCUT2D eigenvalue weighted by molar-refractivity contribution is -0.126. The van der Waals surface area contributed by atoms with Gasteiger partial charge >= 0.3 is 0 Å². The Bertz CT molecular complexity index is 656. The molecular weight excluding hydrogens is 280 g/mol. The van der Waals surface area contributed by atoms with E-state index in [4.69, 9.17) is 4.74 Å². The smallest absolute Gasteiger partial charge is 0.243 e. The van der Waals surface area contributed by atoms with Crippen molar-refractivity contribution in [3.8, 4) is 5.75 Å². The van der Waals surface area contributed by atoms with Crippen LogP contribution in [0.2, 0.25) is 0 Å². The molecule has 3 rings (SSSR count). The minimum Gasteiger partial charge on any atom is -0.493 e. The van der Waals surface area contributed by atoms with Crippen molar-refractivity contribution in [3.63, 3.8) is 0 Å². The predicted octanol–water partition coefficient (Wildman–Crippen LogP) is 0.130. The Morgan fingerprint density at radius 2 is 2.20 bits per heavy atom. The van der Waals surface area contributed by atoms with E-state index in [1.165, 1.54) is 4.31 Å². The Hall–Kier alpha value is -1.60. The largest absolute Gasteiger partial charge is 0.493 e. The van der Waals surface area contributed by atoms with Gasteiger partial charge < -0.3 is 10.1 Å². The molecule has 0 spiro atoms. The number of benzene rings is 1. The van der Waals surface area contributed by atoms with E-state index in [0.29, 0.717) is 26.1 Å². The number of hydrogen-bond acceptors (Lipinski definition) is 4. The first-order chi connectivity index (χ1) is 9.50. The molecule has 1 saturated heterocycles. The van der Waals surface area contributed by atoms with E-state index in [1.807, 2.05) is 0 Å².